The molecule has 7 heteroatoms. The van der Waals surface area contributed by atoms with Crippen molar-refractivity contribution < 1.29 is 19.1 Å². The average Bonchev–Trinajstić information content (AvgIpc) is 2.93. The number of nitrogens with zero attached hydrogens (tertiary/aromatic N) is 3. The molecule has 96 valence electrons. The molecule has 0 atom stereocenters. The summed E-state index contributed by atoms with van der Waals surface area (Å²) < 4.78 is 8.61. The first kappa shape index (κ1) is 12.3. The first-order chi connectivity index (χ1) is 8.61. The van der Waals surface area contributed by atoms with Gasteiger partial charge in [-0.3, -0.25) is 0 Å². The smallest absolute Gasteiger partial charge is 0.374 e. The van der Waals surface area contributed by atoms with E-state index in [1.54, 1.807) is 0 Å². The largest absolute Gasteiger partial charge is 0.475 e. The molecule has 7 nitrogen and oxygen atoms in total. The Labute approximate surface area is 103 Å². The highest BCUT2D eigenvalue weighted by atomic mass is 16.5. The maximum Gasteiger partial charge on any atom is 0.374 e. The van der Waals surface area contributed by atoms with Gasteiger partial charge in [0.05, 0.1) is 18.3 Å². The molecule has 0 aromatic carbocycles. The lowest BCUT2D eigenvalue weighted by Crippen LogP contribution is -2.38. The summed E-state index contributed by atoms with van der Waals surface area (Å²) in [6, 6.07) is 1.41. The summed E-state index contributed by atoms with van der Waals surface area (Å²) in [6.45, 7) is 1.43. The van der Waals surface area contributed by atoms with Crippen LogP contribution in [0.15, 0.2) is 23.0 Å². The monoisotopic (exact) mass is 251 g/mol. The topological polar surface area (TPSA) is 98.2 Å². The molecule has 18 heavy (non-hydrogen) atoms. The SMILES string of the molecule is C[n+]1cc(-c2cc(C(=O)O)on2)cn1CCCN. The lowest BCUT2D eigenvalue weighted by Gasteiger charge is -1.96. The molecule has 0 aliphatic heterocycles. The van der Waals surface area contributed by atoms with Gasteiger partial charge in [0.15, 0.2) is 7.05 Å². The number of carboxylic acids is 1. The van der Waals surface area contributed by atoms with E-state index in [0.29, 0.717) is 12.2 Å². The molecule has 2 aromatic heterocycles. The highest BCUT2D eigenvalue weighted by Gasteiger charge is 2.17. The summed E-state index contributed by atoms with van der Waals surface area (Å²) in [6.07, 6.45) is 4.63. The van der Waals surface area contributed by atoms with Crippen molar-refractivity contribution in [2.75, 3.05) is 6.54 Å². The van der Waals surface area contributed by atoms with Gasteiger partial charge in [-0.25, -0.2) is 4.79 Å². The van der Waals surface area contributed by atoms with E-state index in [1.807, 2.05) is 28.8 Å². The van der Waals surface area contributed by atoms with Crippen LogP contribution in [0, 0.1) is 0 Å². The summed E-state index contributed by atoms with van der Waals surface area (Å²) in [5, 5.41) is 12.5. The number of aromatic nitrogens is 3. The standard InChI is InChI=1S/C11H14N4O3/c1-14-6-8(7-15(14)4-2-3-12)9-5-10(11(16)17)18-13-9/h5-7H,2-4,12H2,1H3/p+1. The Kier molecular flexibility index (Phi) is 3.42. The third-order valence-electron chi connectivity index (χ3n) is 2.63. The first-order valence-electron chi connectivity index (χ1n) is 5.58. The summed E-state index contributed by atoms with van der Waals surface area (Å²) in [4.78, 5) is 10.7. The van der Waals surface area contributed by atoms with Crippen LogP contribution < -0.4 is 10.4 Å². The summed E-state index contributed by atoms with van der Waals surface area (Å²) in [7, 11) is 1.90. The van der Waals surface area contributed by atoms with Gasteiger partial charge in [0.25, 0.3) is 0 Å². The zero-order valence-corrected chi connectivity index (χ0v) is 10.0. The van der Waals surface area contributed by atoms with Gasteiger partial charge < -0.3 is 15.4 Å². The zero-order valence-electron chi connectivity index (χ0n) is 10.0. The molecule has 0 aliphatic carbocycles. The van der Waals surface area contributed by atoms with Gasteiger partial charge in [0.2, 0.25) is 12.0 Å². The predicted octanol–water partition coefficient (Wildman–Crippen LogP) is 0.0146. The van der Waals surface area contributed by atoms with Crippen LogP contribution >= 0.6 is 0 Å². The van der Waals surface area contributed by atoms with Crippen LogP contribution in [-0.2, 0) is 13.6 Å². The highest BCUT2D eigenvalue weighted by Crippen LogP contribution is 2.17. The molecule has 0 fully saturated rings. The fourth-order valence-electron chi connectivity index (χ4n) is 1.68. The molecule has 0 radical (unpaired) electrons. The van der Waals surface area contributed by atoms with E-state index in [2.05, 4.69) is 5.16 Å². The zero-order chi connectivity index (χ0) is 13.1. The Balaban J connectivity index is 2.24. The fraction of sp³-hybridized carbons (Fsp3) is 0.364. The van der Waals surface area contributed by atoms with Crippen LogP contribution in [0.2, 0.25) is 0 Å². The molecular formula is C11H15N4O3+. The second kappa shape index (κ2) is 5.01. The van der Waals surface area contributed by atoms with Crippen LogP contribution in [0.25, 0.3) is 11.3 Å². The van der Waals surface area contributed by atoms with Crippen LogP contribution in [0.3, 0.4) is 0 Å². The molecular weight excluding hydrogens is 236 g/mol. The fourth-order valence-corrected chi connectivity index (χ4v) is 1.68. The van der Waals surface area contributed by atoms with E-state index in [9.17, 15) is 4.79 Å². The van der Waals surface area contributed by atoms with Crippen LogP contribution in [0.1, 0.15) is 17.0 Å². The molecule has 0 aliphatic rings. The average molecular weight is 251 g/mol. The van der Waals surface area contributed by atoms with Crippen molar-refractivity contribution in [2.45, 2.75) is 13.0 Å². The molecule has 2 heterocycles. The Hall–Kier alpha value is -2.15. The molecule has 0 bridgehead atoms. The third kappa shape index (κ3) is 2.40. The normalized spacial score (nSPS) is 10.8. The van der Waals surface area contributed by atoms with Gasteiger partial charge >= 0.3 is 5.97 Å². The molecule has 3 N–H and O–H groups in total. The van der Waals surface area contributed by atoms with E-state index in [1.165, 1.54) is 6.07 Å². The van der Waals surface area contributed by atoms with Crippen molar-refractivity contribution in [3.63, 3.8) is 0 Å². The van der Waals surface area contributed by atoms with Gasteiger partial charge in [-0.1, -0.05) is 5.16 Å². The van der Waals surface area contributed by atoms with Gasteiger partial charge in [-0.2, -0.15) is 4.68 Å². The number of carbonyl (C=O) groups is 1. The van der Waals surface area contributed by atoms with E-state index in [4.69, 9.17) is 15.4 Å². The summed E-state index contributed by atoms with van der Waals surface area (Å²) >= 11 is 0. The quantitative estimate of drug-likeness (QED) is 0.730. The van der Waals surface area contributed by atoms with Gasteiger partial charge in [-0.15, -0.1) is 4.68 Å². The van der Waals surface area contributed by atoms with Gasteiger partial charge in [0.1, 0.15) is 5.69 Å². The number of hydrogen-bond donors (Lipinski definition) is 2. The number of aromatic carboxylic acids is 1. The Morgan fingerprint density at radius 1 is 1.67 bits per heavy atom. The number of rotatable bonds is 5. The minimum Gasteiger partial charge on any atom is -0.475 e. The van der Waals surface area contributed by atoms with E-state index < -0.39 is 5.97 Å². The van der Waals surface area contributed by atoms with Crippen molar-refractivity contribution in [1.29, 1.82) is 0 Å². The minimum atomic E-state index is -1.12. The number of hydrogen-bond acceptors (Lipinski definition) is 4. The summed E-state index contributed by atoms with van der Waals surface area (Å²) in [5.74, 6) is -1.29. The maximum absolute atomic E-state index is 10.7. The first-order valence-corrected chi connectivity index (χ1v) is 5.58. The lowest BCUT2D eigenvalue weighted by molar-refractivity contribution is -0.753. The van der Waals surface area contributed by atoms with E-state index in [-0.39, 0.29) is 5.76 Å². The van der Waals surface area contributed by atoms with Gasteiger partial charge in [-0.05, 0) is 13.0 Å². The maximum atomic E-state index is 10.7. The second-order valence-corrected chi connectivity index (χ2v) is 3.97. The Morgan fingerprint density at radius 2 is 2.44 bits per heavy atom. The lowest BCUT2D eigenvalue weighted by atomic mass is 10.2. The highest BCUT2D eigenvalue weighted by molar-refractivity contribution is 5.85. The van der Waals surface area contributed by atoms with Gasteiger partial charge in [0, 0.05) is 6.07 Å². The van der Waals surface area contributed by atoms with Crippen molar-refractivity contribution in [3.8, 4) is 11.3 Å². The van der Waals surface area contributed by atoms with Crippen molar-refractivity contribution >= 4 is 5.97 Å². The van der Waals surface area contributed by atoms with E-state index in [0.717, 1.165) is 18.5 Å². The molecule has 0 saturated carbocycles. The number of aryl methyl sites for hydroxylation is 2. The Bertz CT molecular complexity index is 558. The number of carboxylic acid groups (broad SMARTS) is 1. The molecule has 0 saturated heterocycles. The van der Waals surface area contributed by atoms with Crippen LogP contribution in [-0.4, -0.2) is 27.5 Å². The van der Waals surface area contributed by atoms with Crippen molar-refractivity contribution in [1.82, 2.24) is 9.84 Å². The molecule has 0 amide bonds. The second-order valence-electron chi connectivity index (χ2n) is 3.97. The minimum absolute atomic E-state index is 0.164. The molecule has 0 spiro atoms. The van der Waals surface area contributed by atoms with Crippen molar-refractivity contribution in [3.05, 3.63) is 24.2 Å². The Morgan fingerprint density at radius 3 is 3.06 bits per heavy atom. The molecule has 2 aromatic rings. The van der Waals surface area contributed by atoms with Crippen LogP contribution in [0.4, 0.5) is 0 Å². The summed E-state index contributed by atoms with van der Waals surface area (Å²) in [5.41, 5.74) is 6.79. The van der Waals surface area contributed by atoms with Crippen molar-refractivity contribution in [2.24, 2.45) is 12.8 Å². The molecule has 2 rings (SSSR count). The number of nitrogens with two attached hydrogens (primary N) is 1. The predicted molar refractivity (Wildman–Crippen MR) is 61.7 cm³/mol. The third-order valence-corrected chi connectivity index (χ3v) is 2.63. The van der Waals surface area contributed by atoms with Crippen LogP contribution in [0.5, 0.6) is 0 Å². The molecule has 0 unspecified atom stereocenters. The van der Waals surface area contributed by atoms with E-state index >= 15 is 0 Å².